The topological polar surface area (TPSA) is 76.0 Å². The van der Waals surface area contributed by atoms with Crippen molar-refractivity contribution in [3.05, 3.63) is 84.6 Å². The molecule has 1 unspecified atom stereocenters. The second kappa shape index (κ2) is 9.86. The van der Waals surface area contributed by atoms with Crippen LogP contribution in [0.3, 0.4) is 0 Å². The van der Waals surface area contributed by atoms with Gasteiger partial charge in [-0.15, -0.1) is 0 Å². The van der Waals surface area contributed by atoms with Gasteiger partial charge in [0.1, 0.15) is 18.0 Å². The molecule has 158 valence electrons. The zero-order valence-electron chi connectivity index (χ0n) is 17.3. The molecule has 7 nitrogen and oxygen atoms in total. The second-order valence-electron chi connectivity index (χ2n) is 7.01. The second-order valence-corrected chi connectivity index (χ2v) is 7.01. The highest BCUT2D eigenvalue weighted by atomic mass is 16.5. The van der Waals surface area contributed by atoms with Gasteiger partial charge in [0, 0.05) is 19.7 Å². The van der Waals surface area contributed by atoms with Crippen LogP contribution in [0.4, 0.5) is 11.4 Å². The Morgan fingerprint density at radius 3 is 2.52 bits per heavy atom. The Balaban J connectivity index is 1.56. The van der Waals surface area contributed by atoms with E-state index in [1.54, 1.807) is 25.4 Å². The van der Waals surface area contributed by atoms with Gasteiger partial charge in [-0.25, -0.2) is 4.98 Å². The Morgan fingerprint density at radius 2 is 1.77 bits per heavy atom. The number of aromatic nitrogens is 1. The predicted octanol–water partition coefficient (Wildman–Crippen LogP) is 4.05. The standard InChI is InChI=1S/C24H24N4O3/c1-30-15-16-31-24-20(13-8-14-25-24)26-23(29)21-17-22(18-9-4-2-5-10-18)28(27-21)19-11-6-3-7-12-19/h2-14,22H,15-17H2,1H3,(H,26,29). The number of methoxy groups -OCH3 is 1. The lowest BCUT2D eigenvalue weighted by atomic mass is 10.0. The van der Waals surface area contributed by atoms with Gasteiger partial charge in [0.25, 0.3) is 5.91 Å². The first-order chi connectivity index (χ1) is 15.3. The molecule has 0 saturated carbocycles. The summed E-state index contributed by atoms with van der Waals surface area (Å²) in [5.74, 6) is 0.0787. The van der Waals surface area contributed by atoms with E-state index in [9.17, 15) is 4.79 Å². The fourth-order valence-corrected chi connectivity index (χ4v) is 3.42. The lowest BCUT2D eigenvalue weighted by molar-refractivity contribution is -0.110. The van der Waals surface area contributed by atoms with Crippen molar-refractivity contribution in [3.8, 4) is 5.88 Å². The minimum absolute atomic E-state index is 0.0596. The van der Waals surface area contributed by atoms with Crippen LogP contribution in [0.25, 0.3) is 0 Å². The first-order valence-corrected chi connectivity index (χ1v) is 10.1. The van der Waals surface area contributed by atoms with E-state index in [4.69, 9.17) is 9.47 Å². The molecule has 0 radical (unpaired) electrons. The Kier molecular flexibility index (Phi) is 6.54. The summed E-state index contributed by atoms with van der Waals surface area (Å²) in [5.41, 5.74) is 2.98. The van der Waals surface area contributed by atoms with E-state index in [1.807, 2.05) is 53.5 Å². The molecule has 0 saturated heterocycles. The highest BCUT2D eigenvalue weighted by molar-refractivity contribution is 6.44. The van der Waals surface area contributed by atoms with Crippen LogP contribution in [0.1, 0.15) is 18.0 Å². The van der Waals surface area contributed by atoms with Crippen molar-refractivity contribution in [2.24, 2.45) is 5.10 Å². The van der Waals surface area contributed by atoms with Crippen molar-refractivity contribution in [1.29, 1.82) is 0 Å². The number of ether oxygens (including phenoxy) is 2. The Morgan fingerprint density at radius 1 is 1.03 bits per heavy atom. The van der Waals surface area contributed by atoms with E-state index in [-0.39, 0.29) is 11.9 Å². The third-order valence-electron chi connectivity index (χ3n) is 4.92. The highest BCUT2D eigenvalue weighted by Gasteiger charge is 2.32. The molecular formula is C24H24N4O3. The Labute approximate surface area is 181 Å². The molecule has 1 aromatic heterocycles. The highest BCUT2D eigenvalue weighted by Crippen LogP contribution is 2.35. The molecule has 3 aromatic rings. The van der Waals surface area contributed by atoms with E-state index >= 15 is 0 Å². The predicted molar refractivity (Wildman–Crippen MR) is 120 cm³/mol. The molecule has 1 aliphatic rings. The van der Waals surface area contributed by atoms with Gasteiger partial charge in [-0.3, -0.25) is 9.80 Å². The van der Waals surface area contributed by atoms with Gasteiger partial charge in [-0.1, -0.05) is 48.5 Å². The third-order valence-corrected chi connectivity index (χ3v) is 4.92. The van der Waals surface area contributed by atoms with Crippen LogP contribution >= 0.6 is 0 Å². The molecule has 1 N–H and O–H groups in total. The lowest BCUT2D eigenvalue weighted by Crippen LogP contribution is -2.22. The van der Waals surface area contributed by atoms with Gasteiger partial charge in [0.2, 0.25) is 5.88 Å². The maximum Gasteiger partial charge on any atom is 0.272 e. The quantitative estimate of drug-likeness (QED) is 0.561. The SMILES string of the molecule is COCCOc1ncccc1NC(=O)C1=NN(c2ccccc2)C(c2ccccc2)C1. The van der Waals surface area contributed by atoms with E-state index in [2.05, 4.69) is 27.5 Å². The van der Waals surface area contributed by atoms with Gasteiger partial charge in [-0.05, 0) is 29.8 Å². The number of carbonyl (C=O) groups excluding carboxylic acids is 1. The molecular weight excluding hydrogens is 392 g/mol. The van der Waals surface area contributed by atoms with Crippen molar-refractivity contribution in [3.63, 3.8) is 0 Å². The molecule has 1 aliphatic heterocycles. The summed E-state index contributed by atoms with van der Waals surface area (Å²) in [5, 5.41) is 9.48. The molecule has 1 atom stereocenters. The number of hydrazone groups is 1. The van der Waals surface area contributed by atoms with E-state index < -0.39 is 0 Å². The number of benzene rings is 2. The molecule has 0 spiro atoms. The van der Waals surface area contributed by atoms with Gasteiger partial charge in [0.05, 0.1) is 18.3 Å². The first-order valence-electron chi connectivity index (χ1n) is 10.1. The monoisotopic (exact) mass is 416 g/mol. The summed E-state index contributed by atoms with van der Waals surface area (Å²) < 4.78 is 10.6. The summed E-state index contributed by atoms with van der Waals surface area (Å²) in [6.07, 6.45) is 2.11. The van der Waals surface area contributed by atoms with Crippen molar-refractivity contribution < 1.29 is 14.3 Å². The molecule has 0 aliphatic carbocycles. The molecule has 1 amide bonds. The fraction of sp³-hybridized carbons (Fsp3) is 0.208. The Bertz CT molecular complexity index is 1040. The zero-order valence-corrected chi connectivity index (χ0v) is 17.3. The summed E-state index contributed by atoms with van der Waals surface area (Å²) in [6, 6.07) is 23.4. The first kappa shape index (κ1) is 20.6. The number of hydrogen-bond acceptors (Lipinski definition) is 6. The van der Waals surface area contributed by atoms with Gasteiger partial charge in [-0.2, -0.15) is 5.10 Å². The zero-order chi connectivity index (χ0) is 21.5. The maximum atomic E-state index is 13.1. The van der Waals surface area contributed by atoms with Crippen LogP contribution < -0.4 is 15.1 Å². The minimum atomic E-state index is -0.274. The van der Waals surface area contributed by atoms with E-state index in [0.29, 0.717) is 36.9 Å². The fourth-order valence-electron chi connectivity index (χ4n) is 3.42. The smallest absolute Gasteiger partial charge is 0.272 e. The largest absolute Gasteiger partial charge is 0.474 e. The molecule has 0 fully saturated rings. The number of carbonyl (C=O) groups is 1. The number of nitrogens with one attached hydrogen (secondary N) is 1. The molecule has 4 rings (SSSR count). The summed E-state index contributed by atoms with van der Waals surface area (Å²) in [6.45, 7) is 0.774. The number of anilines is 2. The summed E-state index contributed by atoms with van der Waals surface area (Å²) in [7, 11) is 1.60. The number of para-hydroxylation sites is 1. The Hall–Kier alpha value is -3.71. The lowest BCUT2D eigenvalue weighted by Gasteiger charge is -2.23. The van der Waals surface area contributed by atoms with E-state index in [1.165, 1.54) is 0 Å². The van der Waals surface area contributed by atoms with Crippen LogP contribution in [0, 0.1) is 0 Å². The minimum Gasteiger partial charge on any atom is -0.474 e. The third kappa shape index (κ3) is 4.90. The molecule has 2 heterocycles. The van der Waals surface area contributed by atoms with Crippen molar-refractivity contribution in [2.75, 3.05) is 30.6 Å². The van der Waals surface area contributed by atoms with Crippen LogP contribution in [-0.2, 0) is 9.53 Å². The van der Waals surface area contributed by atoms with Gasteiger partial charge in [0.15, 0.2) is 0 Å². The number of pyridine rings is 1. The maximum absolute atomic E-state index is 13.1. The molecule has 0 bridgehead atoms. The van der Waals surface area contributed by atoms with Crippen LogP contribution in [-0.4, -0.2) is 36.9 Å². The molecule has 31 heavy (non-hydrogen) atoms. The van der Waals surface area contributed by atoms with Crippen LogP contribution in [0.15, 0.2) is 84.1 Å². The summed E-state index contributed by atoms with van der Waals surface area (Å²) >= 11 is 0. The van der Waals surface area contributed by atoms with Crippen molar-refractivity contribution in [1.82, 2.24) is 4.98 Å². The number of rotatable bonds is 8. The van der Waals surface area contributed by atoms with E-state index in [0.717, 1.165) is 11.3 Å². The van der Waals surface area contributed by atoms with Gasteiger partial charge < -0.3 is 14.8 Å². The van der Waals surface area contributed by atoms with Crippen LogP contribution in [0.5, 0.6) is 5.88 Å². The number of amides is 1. The summed E-state index contributed by atoms with van der Waals surface area (Å²) in [4.78, 5) is 17.3. The average Bonchev–Trinajstić information content (AvgIpc) is 3.27. The van der Waals surface area contributed by atoms with Crippen LogP contribution in [0.2, 0.25) is 0 Å². The number of nitrogens with zero attached hydrogens (tertiary/aromatic N) is 3. The van der Waals surface area contributed by atoms with Gasteiger partial charge >= 0.3 is 0 Å². The average molecular weight is 416 g/mol. The molecule has 7 heteroatoms. The van der Waals surface area contributed by atoms with Crippen molar-refractivity contribution in [2.45, 2.75) is 12.5 Å². The number of hydrogen-bond donors (Lipinski definition) is 1. The molecule has 2 aromatic carbocycles. The normalized spacial score (nSPS) is 15.5. The van der Waals surface area contributed by atoms with Crippen molar-refractivity contribution >= 4 is 23.0 Å².